The van der Waals surface area contributed by atoms with E-state index in [1.165, 1.54) is 44.8 Å². The SMILES string of the molecule is CC(C)(C)c1ccc2c(c1)[C@H]1c3cccc[n+]3[C@@H]2[C@@H]2c3cc(C(C)(C)C)ccc3[C@H]1[n+]1ccccc12. The van der Waals surface area contributed by atoms with E-state index in [1.807, 2.05) is 0 Å². The maximum absolute atomic E-state index is 2.60. The summed E-state index contributed by atoms with van der Waals surface area (Å²) < 4.78 is 5.20. The second kappa shape index (κ2) is 7.16. The molecule has 0 saturated heterocycles. The minimum Gasteiger partial charge on any atom is -0.193 e. The number of benzene rings is 2. The fourth-order valence-corrected chi connectivity index (χ4v) is 7.09. The van der Waals surface area contributed by atoms with Crippen LogP contribution in [0.1, 0.15) is 110 Å². The summed E-state index contributed by atoms with van der Waals surface area (Å²) in [5, 5.41) is 0. The van der Waals surface area contributed by atoms with Crippen LogP contribution >= 0.6 is 0 Å². The molecule has 36 heavy (non-hydrogen) atoms. The van der Waals surface area contributed by atoms with Gasteiger partial charge in [0.05, 0.1) is 0 Å². The fraction of sp³-hybridized carbons (Fsp3) is 0.353. The first kappa shape index (κ1) is 22.0. The van der Waals surface area contributed by atoms with E-state index in [-0.39, 0.29) is 34.7 Å². The molecule has 4 bridgehead atoms. The summed E-state index contributed by atoms with van der Waals surface area (Å²) in [4.78, 5) is 0. The van der Waals surface area contributed by atoms with Crippen molar-refractivity contribution in [2.75, 3.05) is 0 Å². The molecule has 2 nitrogen and oxygen atoms in total. The highest BCUT2D eigenvalue weighted by atomic mass is 15.1. The second-order valence-corrected chi connectivity index (χ2v) is 13.1. The largest absolute Gasteiger partial charge is 0.200 e. The first-order valence-electron chi connectivity index (χ1n) is 13.4. The Bertz CT molecular complexity index is 1410. The Morgan fingerprint density at radius 1 is 0.500 bits per heavy atom. The van der Waals surface area contributed by atoms with E-state index in [1.54, 1.807) is 0 Å². The zero-order valence-corrected chi connectivity index (χ0v) is 22.3. The van der Waals surface area contributed by atoms with Crippen molar-refractivity contribution in [3.8, 4) is 0 Å². The van der Waals surface area contributed by atoms with Gasteiger partial charge in [0.1, 0.15) is 11.8 Å². The van der Waals surface area contributed by atoms with Crippen molar-refractivity contribution in [3.63, 3.8) is 0 Å². The molecule has 1 aliphatic carbocycles. The Kier molecular flexibility index (Phi) is 4.37. The zero-order chi connectivity index (χ0) is 25.0. The Labute approximate surface area is 215 Å². The van der Waals surface area contributed by atoms with Gasteiger partial charge in [-0.3, -0.25) is 0 Å². The quantitative estimate of drug-likeness (QED) is 0.254. The molecule has 2 aromatic heterocycles. The van der Waals surface area contributed by atoms with E-state index in [0.29, 0.717) is 0 Å². The third-order valence-electron chi connectivity index (χ3n) is 8.93. The molecule has 0 spiro atoms. The summed E-state index contributed by atoms with van der Waals surface area (Å²) in [6.07, 6.45) is 4.66. The monoisotopic (exact) mass is 472 g/mol. The van der Waals surface area contributed by atoms with Crippen LogP contribution in [0.25, 0.3) is 0 Å². The second-order valence-electron chi connectivity index (χ2n) is 13.1. The highest BCUT2D eigenvalue weighted by Crippen LogP contribution is 2.55. The van der Waals surface area contributed by atoms with Crippen LogP contribution in [0.5, 0.6) is 0 Å². The first-order valence-corrected chi connectivity index (χ1v) is 13.4. The maximum atomic E-state index is 2.60. The average Bonchev–Trinajstić information content (AvgIpc) is 2.83. The van der Waals surface area contributed by atoms with E-state index >= 15 is 0 Å². The Morgan fingerprint density at radius 2 is 0.917 bits per heavy atom. The molecule has 2 heteroatoms. The molecule has 5 aliphatic heterocycles. The number of rotatable bonds is 0. The van der Waals surface area contributed by atoms with E-state index in [0.717, 1.165) is 0 Å². The molecule has 7 heterocycles. The predicted octanol–water partition coefficient (Wildman–Crippen LogP) is 6.64. The molecule has 4 atom stereocenters. The lowest BCUT2D eigenvalue weighted by Crippen LogP contribution is -2.62. The van der Waals surface area contributed by atoms with Gasteiger partial charge < -0.3 is 0 Å². The molecule has 0 saturated carbocycles. The normalized spacial score (nSPS) is 23.3. The summed E-state index contributed by atoms with van der Waals surface area (Å²) in [7, 11) is 0. The van der Waals surface area contributed by atoms with Gasteiger partial charge in [0.15, 0.2) is 23.8 Å². The van der Waals surface area contributed by atoms with Gasteiger partial charge in [0, 0.05) is 35.4 Å². The summed E-state index contributed by atoms with van der Waals surface area (Å²) in [6.45, 7) is 14.0. The molecule has 10 rings (SSSR count). The zero-order valence-electron chi connectivity index (χ0n) is 22.3. The maximum Gasteiger partial charge on any atom is 0.200 e. The fourth-order valence-electron chi connectivity index (χ4n) is 7.09. The highest BCUT2D eigenvalue weighted by Gasteiger charge is 2.58. The molecule has 0 radical (unpaired) electrons. The third-order valence-corrected chi connectivity index (χ3v) is 8.93. The summed E-state index contributed by atoms with van der Waals surface area (Å²) >= 11 is 0. The van der Waals surface area contributed by atoms with Gasteiger partial charge in [-0.1, -0.05) is 90.1 Å². The van der Waals surface area contributed by atoms with Crippen molar-refractivity contribution >= 4 is 0 Å². The molecule has 6 aliphatic rings. The van der Waals surface area contributed by atoms with E-state index in [4.69, 9.17) is 0 Å². The molecule has 4 aromatic rings. The molecule has 0 fully saturated rings. The molecule has 0 amide bonds. The van der Waals surface area contributed by atoms with Crippen LogP contribution in [-0.2, 0) is 10.8 Å². The van der Waals surface area contributed by atoms with Gasteiger partial charge in [-0.2, -0.15) is 9.13 Å². The van der Waals surface area contributed by atoms with Crippen molar-refractivity contribution in [2.45, 2.75) is 76.3 Å². The lowest BCUT2D eigenvalue weighted by atomic mass is 9.64. The smallest absolute Gasteiger partial charge is 0.193 e. The summed E-state index contributed by atoms with van der Waals surface area (Å²) in [5.41, 5.74) is 12.0. The minimum absolute atomic E-state index is 0.118. The van der Waals surface area contributed by atoms with Crippen LogP contribution < -0.4 is 9.13 Å². The van der Waals surface area contributed by atoms with E-state index in [9.17, 15) is 0 Å². The van der Waals surface area contributed by atoms with Crippen molar-refractivity contribution in [3.05, 3.63) is 130 Å². The topological polar surface area (TPSA) is 7.76 Å². The predicted molar refractivity (Wildman–Crippen MR) is 144 cm³/mol. The van der Waals surface area contributed by atoms with Crippen molar-refractivity contribution in [1.82, 2.24) is 0 Å². The van der Waals surface area contributed by atoms with Gasteiger partial charge in [0.25, 0.3) is 0 Å². The van der Waals surface area contributed by atoms with E-state index in [2.05, 4.69) is 136 Å². The van der Waals surface area contributed by atoms with Crippen LogP contribution in [0.3, 0.4) is 0 Å². The van der Waals surface area contributed by atoms with Crippen LogP contribution in [0.4, 0.5) is 0 Å². The number of pyridine rings is 2. The molecule has 0 N–H and O–H groups in total. The van der Waals surface area contributed by atoms with Crippen LogP contribution in [0.2, 0.25) is 0 Å². The summed E-state index contributed by atoms with van der Waals surface area (Å²) in [6, 6.07) is 28.8. The van der Waals surface area contributed by atoms with Crippen LogP contribution in [0, 0.1) is 0 Å². The van der Waals surface area contributed by atoms with Gasteiger partial charge in [0.2, 0.25) is 12.1 Å². The molecule has 180 valence electrons. The van der Waals surface area contributed by atoms with Crippen LogP contribution in [-0.4, -0.2) is 0 Å². The van der Waals surface area contributed by atoms with Gasteiger partial charge in [-0.25, -0.2) is 0 Å². The lowest BCUT2D eigenvalue weighted by molar-refractivity contribution is -0.769. The Hall–Kier alpha value is -3.26. The van der Waals surface area contributed by atoms with E-state index < -0.39 is 0 Å². The lowest BCUT2D eigenvalue weighted by Gasteiger charge is -2.42. The number of hydrogen-bond acceptors (Lipinski definition) is 0. The number of aromatic nitrogens is 2. The first-order chi connectivity index (χ1) is 17.1. The van der Waals surface area contributed by atoms with Crippen molar-refractivity contribution in [1.29, 1.82) is 0 Å². The van der Waals surface area contributed by atoms with Gasteiger partial charge in [-0.05, 0) is 33.1 Å². The van der Waals surface area contributed by atoms with Crippen molar-refractivity contribution in [2.24, 2.45) is 0 Å². The summed E-state index contributed by atoms with van der Waals surface area (Å²) in [5.74, 6) is 0.512. The standard InChI is InChI=1S/C34H36N2/c1-33(2,3)21-13-15-23-25(19-21)29-27-11-7-9-17-35(27)31(23)30-26-20-22(34(4,5)6)14-16-24(26)32(29)36-18-10-8-12-28(30)36/h7-20,29-32H,1-6H3/q+2/t29-,30+,31-,32+. The Balaban J connectivity index is 1.60. The third kappa shape index (κ3) is 2.91. The molecular formula is C34H36N2+2. The molecular weight excluding hydrogens is 436 g/mol. The van der Waals surface area contributed by atoms with Gasteiger partial charge in [-0.15, -0.1) is 0 Å². The molecule has 2 aromatic carbocycles. The molecule has 0 unspecified atom stereocenters. The van der Waals surface area contributed by atoms with Crippen LogP contribution in [0.15, 0.2) is 85.2 Å². The van der Waals surface area contributed by atoms with Crippen molar-refractivity contribution < 1.29 is 9.13 Å². The van der Waals surface area contributed by atoms with Gasteiger partial charge >= 0.3 is 0 Å². The Morgan fingerprint density at radius 3 is 1.31 bits per heavy atom. The average molecular weight is 473 g/mol. The minimum atomic E-state index is 0.118. The highest BCUT2D eigenvalue weighted by molar-refractivity contribution is 5.53. The number of hydrogen-bond donors (Lipinski definition) is 0. The number of nitrogens with zero attached hydrogens (tertiary/aromatic N) is 2.